The number of hydrogen-bond acceptors (Lipinski definition) is 5. The largest absolute Gasteiger partial charge is 0.304 e. The third-order valence-corrected chi connectivity index (χ3v) is 3.14. The van der Waals surface area contributed by atoms with Gasteiger partial charge in [-0.15, -0.1) is 5.10 Å². The Morgan fingerprint density at radius 1 is 1.44 bits per heavy atom. The third-order valence-electron chi connectivity index (χ3n) is 2.58. The summed E-state index contributed by atoms with van der Waals surface area (Å²) in [5, 5.41) is 11.5. The first-order chi connectivity index (χ1) is 8.74. The van der Waals surface area contributed by atoms with Crippen LogP contribution in [0.1, 0.15) is 30.8 Å². The van der Waals surface area contributed by atoms with Crippen molar-refractivity contribution in [3.63, 3.8) is 0 Å². The second-order valence-electron chi connectivity index (χ2n) is 3.91. The van der Waals surface area contributed by atoms with E-state index in [1.54, 1.807) is 23.3 Å². The number of nitrogens with one attached hydrogen (secondary N) is 1. The quantitative estimate of drug-likeness (QED) is 0.905. The highest BCUT2D eigenvalue weighted by atomic mass is 79.9. The topological polar surface area (TPSA) is 68.5 Å². The number of hydrogen-bond donors (Lipinski definition) is 1. The highest BCUT2D eigenvalue weighted by Crippen LogP contribution is 2.24. The van der Waals surface area contributed by atoms with Crippen molar-refractivity contribution < 1.29 is 0 Å². The summed E-state index contributed by atoms with van der Waals surface area (Å²) >= 11 is 3.42. The molecule has 2 aromatic rings. The Kier molecular flexibility index (Phi) is 4.38. The first kappa shape index (κ1) is 13.1. The van der Waals surface area contributed by atoms with Gasteiger partial charge in [0.2, 0.25) is 0 Å². The van der Waals surface area contributed by atoms with Crippen molar-refractivity contribution in [1.29, 1.82) is 0 Å². The fourth-order valence-corrected chi connectivity index (χ4v) is 2.29. The Labute approximate surface area is 114 Å². The number of halogens is 1. The van der Waals surface area contributed by atoms with Gasteiger partial charge in [0.15, 0.2) is 4.60 Å². The maximum Gasteiger partial charge on any atom is 0.153 e. The fourth-order valence-electron chi connectivity index (χ4n) is 1.73. The van der Waals surface area contributed by atoms with Gasteiger partial charge >= 0.3 is 0 Å². The van der Waals surface area contributed by atoms with Gasteiger partial charge in [0.1, 0.15) is 0 Å². The SMILES string of the molecule is CCCNC(c1cnccn1)c1c(Br)nnn1C. The molecule has 1 atom stereocenters. The van der Waals surface area contributed by atoms with Crippen molar-refractivity contribution in [1.82, 2.24) is 30.3 Å². The maximum absolute atomic E-state index is 4.36. The molecule has 0 aliphatic rings. The molecule has 0 saturated carbocycles. The normalized spacial score (nSPS) is 12.6. The summed E-state index contributed by atoms with van der Waals surface area (Å²) in [6, 6.07) is -0.0620. The monoisotopic (exact) mass is 310 g/mol. The molecule has 96 valence electrons. The summed E-state index contributed by atoms with van der Waals surface area (Å²) < 4.78 is 2.47. The van der Waals surface area contributed by atoms with E-state index in [1.807, 2.05) is 7.05 Å². The highest BCUT2D eigenvalue weighted by Gasteiger charge is 2.22. The van der Waals surface area contributed by atoms with Crippen LogP contribution < -0.4 is 5.32 Å². The number of nitrogens with zero attached hydrogens (tertiary/aromatic N) is 5. The summed E-state index contributed by atoms with van der Waals surface area (Å²) in [6.07, 6.45) is 6.15. The van der Waals surface area contributed by atoms with Gasteiger partial charge < -0.3 is 5.32 Å². The van der Waals surface area contributed by atoms with Gasteiger partial charge in [0, 0.05) is 19.4 Å². The molecule has 7 heteroatoms. The molecule has 1 unspecified atom stereocenters. The molecular formula is C11H15BrN6. The van der Waals surface area contributed by atoms with Gasteiger partial charge in [-0.3, -0.25) is 9.97 Å². The second-order valence-corrected chi connectivity index (χ2v) is 4.66. The van der Waals surface area contributed by atoms with Crippen LogP contribution in [-0.2, 0) is 7.05 Å². The predicted octanol–water partition coefficient (Wildman–Crippen LogP) is 1.46. The lowest BCUT2D eigenvalue weighted by Gasteiger charge is -2.17. The van der Waals surface area contributed by atoms with Gasteiger partial charge in [-0.1, -0.05) is 12.1 Å². The molecule has 0 spiro atoms. The molecule has 18 heavy (non-hydrogen) atoms. The second kappa shape index (κ2) is 6.01. The van der Waals surface area contributed by atoms with Crippen LogP contribution in [0, 0.1) is 0 Å². The summed E-state index contributed by atoms with van der Waals surface area (Å²) in [4.78, 5) is 8.47. The molecule has 6 nitrogen and oxygen atoms in total. The van der Waals surface area contributed by atoms with Crippen LogP contribution in [-0.4, -0.2) is 31.5 Å². The van der Waals surface area contributed by atoms with E-state index < -0.39 is 0 Å². The number of rotatable bonds is 5. The van der Waals surface area contributed by atoms with Gasteiger partial charge in [-0.05, 0) is 28.9 Å². The zero-order valence-electron chi connectivity index (χ0n) is 10.3. The van der Waals surface area contributed by atoms with E-state index in [1.165, 1.54) is 0 Å². The maximum atomic E-state index is 4.36. The van der Waals surface area contributed by atoms with E-state index in [0.717, 1.165) is 29.0 Å². The molecule has 0 aromatic carbocycles. The zero-order valence-corrected chi connectivity index (χ0v) is 11.9. The summed E-state index contributed by atoms with van der Waals surface area (Å²) in [6.45, 7) is 3.01. The Balaban J connectivity index is 2.37. The summed E-state index contributed by atoms with van der Waals surface area (Å²) in [5.74, 6) is 0. The van der Waals surface area contributed by atoms with Gasteiger partial charge in [0.05, 0.1) is 23.6 Å². The van der Waals surface area contributed by atoms with Crippen molar-refractivity contribution in [2.24, 2.45) is 7.05 Å². The van der Waals surface area contributed by atoms with Crippen molar-refractivity contribution >= 4 is 15.9 Å². The van der Waals surface area contributed by atoms with Crippen molar-refractivity contribution in [2.45, 2.75) is 19.4 Å². The molecule has 0 amide bonds. The van der Waals surface area contributed by atoms with Crippen molar-refractivity contribution in [3.8, 4) is 0 Å². The lowest BCUT2D eigenvalue weighted by atomic mass is 10.1. The predicted molar refractivity (Wildman–Crippen MR) is 70.9 cm³/mol. The van der Waals surface area contributed by atoms with E-state index in [4.69, 9.17) is 0 Å². The Bertz CT molecular complexity index is 478. The zero-order chi connectivity index (χ0) is 13.0. The fraction of sp³-hybridized carbons (Fsp3) is 0.455. The van der Waals surface area contributed by atoms with E-state index in [9.17, 15) is 0 Å². The van der Waals surface area contributed by atoms with Crippen LogP contribution >= 0.6 is 15.9 Å². The first-order valence-electron chi connectivity index (χ1n) is 5.78. The first-order valence-corrected chi connectivity index (χ1v) is 6.57. The van der Waals surface area contributed by atoms with Crippen LogP contribution in [0.15, 0.2) is 23.2 Å². The average molecular weight is 311 g/mol. The number of aryl methyl sites for hydroxylation is 1. The van der Waals surface area contributed by atoms with Gasteiger partial charge in [-0.2, -0.15) is 0 Å². The molecule has 0 aliphatic carbocycles. The molecule has 2 heterocycles. The van der Waals surface area contributed by atoms with Crippen LogP contribution in [0.2, 0.25) is 0 Å². The van der Waals surface area contributed by atoms with E-state index in [0.29, 0.717) is 0 Å². The van der Waals surface area contributed by atoms with Crippen LogP contribution in [0.25, 0.3) is 0 Å². The summed E-state index contributed by atoms with van der Waals surface area (Å²) in [7, 11) is 1.87. The third kappa shape index (κ3) is 2.73. The Morgan fingerprint density at radius 2 is 2.28 bits per heavy atom. The van der Waals surface area contributed by atoms with E-state index in [-0.39, 0.29) is 6.04 Å². The lowest BCUT2D eigenvalue weighted by Crippen LogP contribution is -2.26. The minimum absolute atomic E-state index is 0.0620. The highest BCUT2D eigenvalue weighted by molar-refractivity contribution is 9.10. The molecule has 0 aliphatic heterocycles. The van der Waals surface area contributed by atoms with Crippen molar-refractivity contribution in [3.05, 3.63) is 34.6 Å². The molecule has 0 radical (unpaired) electrons. The molecule has 2 rings (SSSR count). The average Bonchev–Trinajstić information content (AvgIpc) is 2.72. The minimum atomic E-state index is -0.0620. The molecular weight excluding hydrogens is 296 g/mol. The Hall–Kier alpha value is -1.34. The van der Waals surface area contributed by atoms with E-state index >= 15 is 0 Å². The Morgan fingerprint density at radius 3 is 2.83 bits per heavy atom. The molecule has 0 saturated heterocycles. The lowest BCUT2D eigenvalue weighted by molar-refractivity contribution is 0.538. The van der Waals surface area contributed by atoms with Gasteiger partial charge in [-0.25, -0.2) is 4.68 Å². The molecule has 1 N–H and O–H groups in total. The minimum Gasteiger partial charge on any atom is -0.304 e. The molecule has 0 fully saturated rings. The van der Waals surface area contributed by atoms with E-state index in [2.05, 4.69) is 48.5 Å². The standard InChI is InChI=1S/C11H15BrN6/c1-3-4-15-9(8-7-13-5-6-14-8)10-11(12)16-17-18(10)2/h5-7,9,15H,3-4H2,1-2H3. The van der Waals surface area contributed by atoms with Gasteiger partial charge in [0.25, 0.3) is 0 Å². The van der Waals surface area contributed by atoms with Crippen LogP contribution in [0.4, 0.5) is 0 Å². The number of aromatic nitrogens is 5. The van der Waals surface area contributed by atoms with Crippen LogP contribution in [0.3, 0.4) is 0 Å². The summed E-state index contributed by atoms with van der Waals surface area (Å²) in [5.41, 5.74) is 1.81. The molecule has 0 bridgehead atoms. The van der Waals surface area contributed by atoms with Crippen LogP contribution in [0.5, 0.6) is 0 Å². The smallest absolute Gasteiger partial charge is 0.153 e. The van der Waals surface area contributed by atoms with Crippen molar-refractivity contribution in [2.75, 3.05) is 6.54 Å². The molecule has 2 aromatic heterocycles.